The third-order valence-electron chi connectivity index (χ3n) is 8.33. The van der Waals surface area contributed by atoms with Crippen molar-refractivity contribution in [1.29, 1.82) is 0 Å². The van der Waals surface area contributed by atoms with Crippen LogP contribution in [0.1, 0.15) is 52.0 Å². The van der Waals surface area contributed by atoms with Gasteiger partial charge in [0.1, 0.15) is 0 Å². The Morgan fingerprint density at radius 1 is 0.900 bits per heavy atom. The van der Waals surface area contributed by atoms with Crippen molar-refractivity contribution < 1.29 is 9.59 Å². The number of carbonyl (C=O) groups excluding carboxylic acids is 2. The van der Waals surface area contributed by atoms with Crippen molar-refractivity contribution in [1.82, 2.24) is 14.7 Å². The highest BCUT2D eigenvalue weighted by Gasteiger charge is 2.64. The Bertz CT molecular complexity index is 770. The van der Waals surface area contributed by atoms with Crippen molar-refractivity contribution in [3.05, 3.63) is 35.9 Å². The maximum atomic E-state index is 13.1. The zero-order valence-electron chi connectivity index (χ0n) is 18.9. The van der Waals surface area contributed by atoms with Crippen molar-refractivity contribution in [3.8, 4) is 0 Å². The van der Waals surface area contributed by atoms with Crippen molar-refractivity contribution in [2.45, 2.75) is 53.0 Å². The molecular formula is C25H37N3O2. The van der Waals surface area contributed by atoms with E-state index in [1.165, 1.54) is 5.56 Å². The first-order valence-electron chi connectivity index (χ1n) is 11.7. The van der Waals surface area contributed by atoms with Gasteiger partial charge in [-0.1, -0.05) is 51.1 Å². The molecule has 0 N–H and O–H groups in total. The number of piperidine rings is 1. The fourth-order valence-electron chi connectivity index (χ4n) is 5.73. The molecule has 1 aromatic rings. The van der Waals surface area contributed by atoms with E-state index in [1.54, 1.807) is 4.90 Å². The monoisotopic (exact) mass is 411 g/mol. The van der Waals surface area contributed by atoms with E-state index in [-0.39, 0.29) is 28.6 Å². The molecule has 0 unspecified atom stereocenters. The van der Waals surface area contributed by atoms with Gasteiger partial charge in [-0.15, -0.1) is 0 Å². The molecule has 5 nitrogen and oxygen atoms in total. The Hall–Kier alpha value is -1.72. The van der Waals surface area contributed by atoms with Crippen LogP contribution < -0.4 is 0 Å². The average Bonchev–Trinajstić information content (AvgIpc) is 2.93. The summed E-state index contributed by atoms with van der Waals surface area (Å²) < 4.78 is 0. The third kappa shape index (κ3) is 3.82. The lowest BCUT2D eigenvalue weighted by atomic mass is 9.62. The summed E-state index contributed by atoms with van der Waals surface area (Å²) >= 11 is 0. The Kier molecular flexibility index (Phi) is 6.04. The first kappa shape index (κ1) is 21.5. The minimum absolute atomic E-state index is 0.0119. The molecular weight excluding hydrogens is 374 g/mol. The highest BCUT2D eigenvalue weighted by atomic mass is 16.2. The minimum Gasteiger partial charge on any atom is -0.301 e. The predicted molar refractivity (Wildman–Crippen MR) is 119 cm³/mol. The Balaban J connectivity index is 1.19. The van der Waals surface area contributed by atoms with E-state index >= 15 is 0 Å². The van der Waals surface area contributed by atoms with Crippen LogP contribution in [0.4, 0.5) is 0 Å². The number of fused-ring (bicyclic) bond motifs is 2. The summed E-state index contributed by atoms with van der Waals surface area (Å²) in [7, 11) is 0. The zero-order valence-corrected chi connectivity index (χ0v) is 18.9. The summed E-state index contributed by atoms with van der Waals surface area (Å²) in [5, 5.41) is 0. The lowest BCUT2D eigenvalue weighted by molar-refractivity contribution is -0.167. The predicted octanol–water partition coefficient (Wildman–Crippen LogP) is 3.40. The van der Waals surface area contributed by atoms with Crippen LogP contribution in [0.25, 0.3) is 0 Å². The normalized spacial score (nSPS) is 29.6. The second-order valence-electron chi connectivity index (χ2n) is 10.3. The van der Waals surface area contributed by atoms with Gasteiger partial charge in [-0.2, -0.15) is 0 Å². The van der Waals surface area contributed by atoms with Gasteiger partial charge in [0.05, 0.1) is 5.41 Å². The Morgan fingerprint density at radius 3 is 2.23 bits per heavy atom. The number of rotatable bonds is 7. The molecule has 3 fully saturated rings. The van der Waals surface area contributed by atoms with E-state index in [2.05, 4.69) is 60.9 Å². The standard InChI is InChI=1S/C25H37N3O2/c1-24(2)21-11-12-25(24,3)23(30)28(22(21)29)14-8-7-13-26-15-17-27(18-16-26)19-20-9-5-4-6-10-20/h4-6,9-10,21H,7-8,11-19H2,1-3H3/t21-,25+/m1/s1. The first-order chi connectivity index (χ1) is 14.3. The van der Waals surface area contributed by atoms with Crippen LogP contribution in [-0.4, -0.2) is 65.8 Å². The van der Waals surface area contributed by atoms with E-state index in [4.69, 9.17) is 0 Å². The fourth-order valence-corrected chi connectivity index (χ4v) is 5.73. The van der Waals surface area contributed by atoms with Gasteiger partial charge in [-0.3, -0.25) is 19.4 Å². The molecule has 0 aromatic heterocycles. The van der Waals surface area contributed by atoms with E-state index in [1.807, 2.05) is 0 Å². The van der Waals surface area contributed by atoms with Crippen LogP contribution in [0, 0.1) is 16.7 Å². The van der Waals surface area contributed by atoms with Crippen molar-refractivity contribution in [2.75, 3.05) is 39.3 Å². The highest BCUT2D eigenvalue weighted by Crippen LogP contribution is 2.60. The summed E-state index contributed by atoms with van der Waals surface area (Å²) in [6.07, 6.45) is 3.66. The maximum Gasteiger partial charge on any atom is 0.235 e. The average molecular weight is 412 g/mol. The lowest BCUT2D eigenvalue weighted by Crippen LogP contribution is -2.59. The zero-order chi connectivity index (χ0) is 21.4. The van der Waals surface area contributed by atoms with Crippen LogP contribution in [0.5, 0.6) is 0 Å². The number of carbonyl (C=O) groups is 2. The molecule has 5 heteroatoms. The second-order valence-corrected chi connectivity index (χ2v) is 10.3. The molecule has 2 aliphatic heterocycles. The number of hydrogen-bond donors (Lipinski definition) is 0. The molecule has 2 amide bonds. The molecule has 3 aliphatic rings. The summed E-state index contributed by atoms with van der Waals surface area (Å²) in [5.41, 5.74) is 0.797. The van der Waals surface area contributed by atoms with E-state index in [0.29, 0.717) is 6.54 Å². The van der Waals surface area contributed by atoms with Crippen LogP contribution >= 0.6 is 0 Å². The topological polar surface area (TPSA) is 43.9 Å². The number of unbranched alkanes of at least 4 members (excludes halogenated alkanes) is 1. The summed E-state index contributed by atoms with van der Waals surface area (Å²) in [6.45, 7) is 13.4. The van der Waals surface area contributed by atoms with Crippen molar-refractivity contribution in [2.24, 2.45) is 16.7 Å². The fraction of sp³-hybridized carbons (Fsp3) is 0.680. The summed E-state index contributed by atoms with van der Waals surface area (Å²) in [6, 6.07) is 10.7. The van der Waals surface area contributed by atoms with Crippen molar-refractivity contribution in [3.63, 3.8) is 0 Å². The molecule has 1 saturated carbocycles. The number of nitrogens with zero attached hydrogens (tertiary/aromatic N) is 3. The van der Waals surface area contributed by atoms with Crippen LogP contribution in [0.3, 0.4) is 0 Å². The van der Waals surface area contributed by atoms with E-state index in [9.17, 15) is 9.59 Å². The summed E-state index contributed by atoms with van der Waals surface area (Å²) in [5.74, 6) is 0.160. The largest absolute Gasteiger partial charge is 0.301 e. The smallest absolute Gasteiger partial charge is 0.235 e. The van der Waals surface area contributed by atoms with Crippen LogP contribution in [0.2, 0.25) is 0 Å². The third-order valence-corrected chi connectivity index (χ3v) is 8.33. The molecule has 0 spiro atoms. The Labute approximate surface area is 181 Å². The number of likely N-dealkylation sites (tertiary alicyclic amines) is 1. The molecule has 0 radical (unpaired) electrons. The van der Waals surface area contributed by atoms with E-state index in [0.717, 1.165) is 65.0 Å². The van der Waals surface area contributed by atoms with Gasteiger partial charge in [0.25, 0.3) is 0 Å². The summed E-state index contributed by atoms with van der Waals surface area (Å²) in [4.78, 5) is 32.7. The quantitative estimate of drug-likeness (QED) is 0.510. The maximum absolute atomic E-state index is 13.1. The highest BCUT2D eigenvalue weighted by molar-refractivity contribution is 6.03. The molecule has 2 bridgehead atoms. The SMILES string of the molecule is CC1(C)[C@@H]2CC[C@@]1(C)C(=O)N(CCCCN1CCN(Cc3ccccc3)CC1)C2=O. The molecule has 2 atom stereocenters. The Morgan fingerprint density at radius 2 is 1.53 bits per heavy atom. The van der Waals surface area contributed by atoms with Gasteiger partial charge in [0, 0.05) is 45.2 Å². The van der Waals surface area contributed by atoms with Crippen LogP contribution in [-0.2, 0) is 16.1 Å². The van der Waals surface area contributed by atoms with Crippen molar-refractivity contribution >= 4 is 11.8 Å². The molecule has 164 valence electrons. The van der Waals surface area contributed by atoms with Gasteiger partial charge in [-0.05, 0) is 43.2 Å². The lowest BCUT2D eigenvalue weighted by Gasteiger charge is -2.47. The van der Waals surface area contributed by atoms with E-state index < -0.39 is 0 Å². The van der Waals surface area contributed by atoms with Gasteiger partial charge in [0.2, 0.25) is 11.8 Å². The number of imide groups is 1. The molecule has 2 heterocycles. The van der Waals surface area contributed by atoms with Gasteiger partial charge < -0.3 is 4.90 Å². The van der Waals surface area contributed by atoms with Gasteiger partial charge >= 0.3 is 0 Å². The van der Waals surface area contributed by atoms with Crippen LogP contribution in [0.15, 0.2) is 30.3 Å². The number of piperazine rings is 1. The number of benzene rings is 1. The van der Waals surface area contributed by atoms with Gasteiger partial charge in [-0.25, -0.2) is 0 Å². The van der Waals surface area contributed by atoms with Gasteiger partial charge in [0.15, 0.2) is 0 Å². The number of amides is 2. The minimum atomic E-state index is -0.374. The second kappa shape index (κ2) is 8.43. The first-order valence-corrected chi connectivity index (χ1v) is 11.7. The molecule has 30 heavy (non-hydrogen) atoms. The molecule has 1 aliphatic carbocycles. The molecule has 1 aromatic carbocycles. The molecule has 4 rings (SSSR count). The number of hydrogen-bond acceptors (Lipinski definition) is 4. The molecule has 2 saturated heterocycles.